The Labute approximate surface area is 113 Å². The molecule has 1 aliphatic rings. The topological polar surface area (TPSA) is 55.1 Å². The lowest BCUT2D eigenvalue weighted by Crippen LogP contribution is -2.36. The molecule has 0 spiro atoms. The van der Waals surface area contributed by atoms with Crippen molar-refractivity contribution in [1.29, 1.82) is 0 Å². The van der Waals surface area contributed by atoms with Crippen molar-refractivity contribution < 1.29 is 4.79 Å². The van der Waals surface area contributed by atoms with Crippen LogP contribution in [0, 0.1) is 11.8 Å². The van der Waals surface area contributed by atoms with Gasteiger partial charge in [0.05, 0.1) is 6.04 Å². The van der Waals surface area contributed by atoms with Crippen LogP contribution in [0.3, 0.4) is 0 Å². The van der Waals surface area contributed by atoms with Crippen molar-refractivity contribution in [1.82, 2.24) is 5.32 Å². The Morgan fingerprint density at radius 1 is 1.61 bits per heavy atom. The van der Waals surface area contributed by atoms with Crippen molar-refractivity contribution in [3.05, 3.63) is 22.4 Å². The van der Waals surface area contributed by atoms with E-state index >= 15 is 0 Å². The van der Waals surface area contributed by atoms with E-state index in [9.17, 15) is 4.79 Å². The average molecular weight is 266 g/mol. The molecule has 18 heavy (non-hydrogen) atoms. The van der Waals surface area contributed by atoms with Gasteiger partial charge in [-0.1, -0.05) is 19.4 Å². The maximum atomic E-state index is 12.3. The molecule has 0 aliphatic heterocycles. The molecule has 1 aliphatic carbocycles. The van der Waals surface area contributed by atoms with Crippen LogP contribution < -0.4 is 11.1 Å². The molecule has 1 aromatic rings. The summed E-state index contributed by atoms with van der Waals surface area (Å²) in [6.07, 6.45) is 4.17. The summed E-state index contributed by atoms with van der Waals surface area (Å²) in [6.45, 7) is 2.74. The molecule has 1 fully saturated rings. The molecule has 0 saturated heterocycles. The lowest BCUT2D eigenvalue weighted by atomic mass is 9.95. The Balaban J connectivity index is 1.97. The third kappa shape index (κ3) is 2.93. The predicted octanol–water partition coefficient (Wildman–Crippen LogP) is 2.69. The molecular formula is C14H22N2OS. The molecule has 3 atom stereocenters. The molecule has 1 aromatic heterocycles. The highest BCUT2D eigenvalue weighted by atomic mass is 32.1. The molecule has 0 radical (unpaired) electrons. The van der Waals surface area contributed by atoms with E-state index in [-0.39, 0.29) is 17.9 Å². The standard InChI is InChI=1S/C14H22N2OS/c1-2-12(13-7-4-8-18-13)16-14(17)11-6-3-5-10(11)9-15/h4,7-8,10-12H,2-3,5-6,9,15H2,1H3,(H,16,17). The van der Waals surface area contributed by atoms with E-state index in [2.05, 4.69) is 23.7 Å². The van der Waals surface area contributed by atoms with E-state index in [0.29, 0.717) is 12.5 Å². The smallest absolute Gasteiger partial charge is 0.223 e. The molecule has 3 unspecified atom stereocenters. The van der Waals surface area contributed by atoms with Crippen LogP contribution in [-0.2, 0) is 4.79 Å². The normalized spacial score (nSPS) is 25.0. The first kappa shape index (κ1) is 13.6. The third-order valence-corrected chi connectivity index (χ3v) is 4.90. The molecule has 100 valence electrons. The second-order valence-electron chi connectivity index (χ2n) is 5.02. The highest BCUT2D eigenvalue weighted by Crippen LogP contribution is 2.32. The highest BCUT2D eigenvalue weighted by molar-refractivity contribution is 7.10. The Morgan fingerprint density at radius 2 is 2.44 bits per heavy atom. The number of hydrogen-bond acceptors (Lipinski definition) is 3. The van der Waals surface area contributed by atoms with Crippen LogP contribution in [0.4, 0.5) is 0 Å². The zero-order valence-corrected chi connectivity index (χ0v) is 11.7. The van der Waals surface area contributed by atoms with Crippen LogP contribution in [0.25, 0.3) is 0 Å². The van der Waals surface area contributed by atoms with Gasteiger partial charge in [-0.3, -0.25) is 4.79 Å². The van der Waals surface area contributed by atoms with Gasteiger partial charge >= 0.3 is 0 Å². The van der Waals surface area contributed by atoms with E-state index in [1.807, 2.05) is 6.07 Å². The van der Waals surface area contributed by atoms with E-state index in [0.717, 1.165) is 25.7 Å². The first-order valence-electron chi connectivity index (χ1n) is 6.80. The maximum absolute atomic E-state index is 12.3. The van der Waals surface area contributed by atoms with Crippen LogP contribution in [0.15, 0.2) is 17.5 Å². The summed E-state index contributed by atoms with van der Waals surface area (Å²) in [5, 5.41) is 5.25. The lowest BCUT2D eigenvalue weighted by Gasteiger charge is -2.21. The molecular weight excluding hydrogens is 244 g/mol. The Hall–Kier alpha value is -0.870. The summed E-state index contributed by atoms with van der Waals surface area (Å²) in [5.41, 5.74) is 5.74. The highest BCUT2D eigenvalue weighted by Gasteiger charge is 2.32. The second-order valence-corrected chi connectivity index (χ2v) is 6.00. The minimum atomic E-state index is 0.129. The summed E-state index contributed by atoms with van der Waals surface area (Å²) in [5.74, 6) is 0.707. The van der Waals surface area contributed by atoms with Crippen molar-refractivity contribution >= 4 is 17.2 Å². The van der Waals surface area contributed by atoms with E-state index in [1.165, 1.54) is 4.88 Å². The average Bonchev–Trinajstić information content (AvgIpc) is 3.05. The minimum absolute atomic E-state index is 0.129. The first-order chi connectivity index (χ1) is 8.76. The fourth-order valence-corrected chi connectivity index (χ4v) is 3.67. The zero-order valence-electron chi connectivity index (χ0n) is 10.9. The molecule has 3 N–H and O–H groups in total. The van der Waals surface area contributed by atoms with Crippen molar-refractivity contribution in [3.8, 4) is 0 Å². The summed E-state index contributed by atoms with van der Waals surface area (Å²) in [4.78, 5) is 13.6. The predicted molar refractivity (Wildman–Crippen MR) is 75.4 cm³/mol. The number of carbonyl (C=O) groups is 1. The van der Waals surface area contributed by atoms with E-state index in [4.69, 9.17) is 5.73 Å². The number of carbonyl (C=O) groups excluding carboxylic acids is 1. The summed E-state index contributed by atoms with van der Waals surface area (Å²) in [7, 11) is 0. The molecule has 3 nitrogen and oxygen atoms in total. The van der Waals surface area contributed by atoms with E-state index < -0.39 is 0 Å². The monoisotopic (exact) mass is 266 g/mol. The summed E-state index contributed by atoms with van der Waals surface area (Å²) in [6, 6.07) is 4.29. The fourth-order valence-electron chi connectivity index (χ4n) is 2.81. The molecule has 0 aromatic carbocycles. The Kier molecular flexibility index (Phi) is 4.78. The van der Waals surface area contributed by atoms with Gasteiger partial charge in [-0.25, -0.2) is 0 Å². The van der Waals surface area contributed by atoms with Crippen LogP contribution in [0.1, 0.15) is 43.5 Å². The van der Waals surface area contributed by atoms with Gasteiger partial charge in [-0.15, -0.1) is 11.3 Å². The molecule has 1 amide bonds. The zero-order chi connectivity index (χ0) is 13.0. The van der Waals surface area contributed by atoms with Gasteiger partial charge in [0, 0.05) is 10.8 Å². The van der Waals surface area contributed by atoms with Gasteiger partial charge in [0.2, 0.25) is 5.91 Å². The van der Waals surface area contributed by atoms with Crippen LogP contribution in [-0.4, -0.2) is 12.5 Å². The fraction of sp³-hybridized carbons (Fsp3) is 0.643. The molecule has 4 heteroatoms. The van der Waals surface area contributed by atoms with Crippen molar-refractivity contribution in [3.63, 3.8) is 0 Å². The maximum Gasteiger partial charge on any atom is 0.223 e. The summed E-state index contributed by atoms with van der Waals surface area (Å²) < 4.78 is 0. The van der Waals surface area contributed by atoms with Gasteiger partial charge in [0.1, 0.15) is 0 Å². The minimum Gasteiger partial charge on any atom is -0.348 e. The largest absolute Gasteiger partial charge is 0.348 e. The SMILES string of the molecule is CCC(NC(=O)C1CCCC1CN)c1cccs1. The number of thiophene rings is 1. The number of nitrogens with one attached hydrogen (secondary N) is 1. The third-order valence-electron chi connectivity index (χ3n) is 3.91. The van der Waals surface area contributed by atoms with Gasteiger partial charge in [0.15, 0.2) is 0 Å². The molecule has 0 bridgehead atoms. The Bertz CT molecular complexity index is 377. The Morgan fingerprint density at radius 3 is 3.06 bits per heavy atom. The number of hydrogen-bond donors (Lipinski definition) is 2. The van der Waals surface area contributed by atoms with Crippen molar-refractivity contribution in [2.24, 2.45) is 17.6 Å². The van der Waals surface area contributed by atoms with Gasteiger partial charge in [-0.05, 0) is 43.2 Å². The molecule has 2 rings (SSSR count). The lowest BCUT2D eigenvalue weighted by molar-refractivity contribution is -0.126. The summed E-state index contributed by atoms with van der Waals surface area (Å²) >= 11 is 1.71. The number of nitrogens with two attached hydrogens (primary N) is 1. The molecule has 1 heterocycles. The van der Waals surface area contributed by atoms with E-state index in [1.54, 1.807) is 11.3 Å². The number of amides is 1. The molecule has 1 saturated carbocycles. The van der Waals surface area contributed by atoms with Crippen LogP contribution >= 0.6 is 11.3 Å². The number of rotatable bonds is 5. The van der Waals surface area contributed by atoms with Crippen LogP contribution in [0.5, 0.6) is 0 Å². The van der Waals surface area contributed by atoms with Crippen LogP contribution in [0.2, 0.25) is 0 Å². The van der Waals surface area contributed by atoms with Crippen molar-refractivity contribution in [2.45, 2.75) is 38.6 Å². The van der Waals surface area contributed by atoms with Crippen molar-refractivity contribution in [2.75, 3.05) is 6.54 Å². The van der Waals surface area contributed by atoms with Gasteiger partial charge < -0.3 is 11.1 Å². The van der Waals surface area contributed by atoms with Gasteiger partial charge in [-0.2, -0.15) is 0 Å². The quantitative estimate of drug-likeness (QED) is 0.861. The second kappa shape index (κ2) is 6.34. The first-order valence-corrected chi connectivity index (χ1v) is 7.68. The van der Waals surface area contributed by atoms with Gasteiger partial charge in [0.25, 0.3) is 0 Å².